The highest BCUT2D eigenvalue weighted by Crippen LogP contribution is 2.44. The largest absolute Gasteiger partial charge is 0.381 e. The Labute approximate surface area is 196 Å². The molecule has 1 spiro atoms. The smallest absolute Gasteiger partial charge is 0.274 e. The lowest BCUT2D eigenvalue weighted by Gasteiger charge is -2.36. The van der Waals surface area contributed by atoms with E-state index in [2.05, 4.69) is 23.6 Å². The second-order valence-corrected chi connectivity index (χ2v) is 12.2. The minimum absolute atomic E-state index is 0.0290. The molecular weight excluding hydrogens is 444 g/mol. The molecule has 1 aromatic rings. The lowest BCUT2D eigenvalue weighted by Crippen LogP contribution is -2.49. The van der Waals surface area contributed by atoms with Gasteiger partial charge in [0.15, 0.2) is 0 Å². The molecule has 0 N–H and O–H groups in total. The number of benzene rings is 1. The number of piperazine rings is 1. The molecule has 1 aromatic carbocycles. The molecule has 33 heavy (non-hydrogen) atoms. The van der Waals surface area contributed by atoms with Crippen molar-refractivity contribution in [2.75, 3.05) is 63.9 Å². The fraction of sp³-hybridized carbons (Fsp3) is 0.739. The van der Waals surface area contributed by atoms with E-state index < -0.39 is 14.9 Å². The molecule has 0 saturated carbocycles. The molecule has 0 amide bonds. The van der Waals surface area contributed by atoms with Gasteiger partial charge in [0.1, 0.15) is 4.90 Å². The second kappa shape index (κ2) is 9.48. The third-order valence-electron chi connectivity index (χ3n) is 7.38. The highest BCUT2D eigenvalue weighted by molar-refractivity contribution is 7.89. The van der Waals surface area contributed by atoms with Gasteiger partial charge in [-0.3, -0.25) is 10.1 Å². The number of aryl methyl sites for hydroxylation is 1. The molecule has 10 heteroatoms. The average Bonchev–Trinajstić information content (AvgIpc) is 3.16. The van der Waals surface area contributed by atoms with Gasteiger partial charge >= 0.3 is 0 Å². The Hall–Kier alpha value is -1.75. The summed E-state index contributed by atoms with van der Waals surface area (Å²) < 4.78 is 34.7. The molecule has 0 aromatic heterocycles. The first kappa shape index (κ1) is 24.4. The molecule has 0 atom stereocenters. The number of hydrogen-bond donors (Lipinski definition) is 0. The van der Waals surface area contributed by atoms with Gasteiger partial charge in [-0.15, -0.1) is 0 Å². The van der Waals surface area contributed by atoms with Crippen LogP contribution in [-0.4, -0.2) is 81.6 Å². The minimum atomic E-state index is -3.77. The number of sulfonamides is 1. The van der Waals surface area contributed by atoms with E-state index in [1.165, 1.54) is 12.1 Å². The lowest BCUT2D eigenvalue weighted by atomic mass is 9.80. The van der Waals surface area contributed by atoms with Crippen LogP contribution in [0.5, 0.6) is 0 Å². The van der Waals surface area contributed by atoms with Crippen LogP contribution < -0.4 is 4.90 Å². The molecule has 0 unspecified atom stereocenters. The summed E-state index contributed by atoms with van der Waals surface area (Å²) in [5.74, 6) is 0.532. The maximum absolute atomic E-state index is 13.8. The Morgan fingerprint density at radius 2 is 1.76 bits per heavy atom. The molecule has 0 radical (unpaired) electrons. The first-order valence-electron chi connectivity index (χ1n) is 12.0. The predicted octanol–water partition coefficient (Wildman–Crippen LogP) is 2.87. The van der Waals surface area contributed by atoms with E-state index in [1.807, 2.05) is 0 Å². The number of hydrogen-bond acceptors (Lipinski definition) is 7. The van der Waals surface area contributed by atoms with Crippen LogP contribution >= 0.6 is 0 Å². The third-order valence-corrected chi connectivity index (χ3v) is 9.31. The molecule has 3 aliphatic heterocycles. The van der Waals surface area contributed by atoms with E-state index in [1.54, 1.807) is 11.2 Å². The Bertz CT molecular complexity index is 983. The Kier molecular flexibility index (Phi) is 7.00. The summed E-state index contributed by atoms with van der Waals surface area (Å²) in [5.41, 5.74) is 0.918. The summed E-state index contributed by atoms with van der Waals surface area (Å²) in [6.45, 7) is 12.0. The predicted molar refractivity (Wildman–Crippen MR) is 127 cm³/mol. The summed E-state index contributed by atoms with van der Waals surface area (Å²) >= 11 is 0. The van der Waals surface area contributed by atoms with Gasteiger partial charge in [-0.2, -0.15) is 4.31 Å². The van der Waals surface area contributed by atoms with Gasteiger partial charge in [0.25, 0.3) is 5.69 Å². The van der Waals surface area contributed by atoms with Gasteiger partial charge in [0.05, 0.1) is 10.6 Å². The average molecular weight is 481 g/mol. The van der Waals surface area contributed by atoms with Crippen molar-refractivity contribution in [3.63, 3.8) is 0 Å². The zero-order chi connectivity index (χ0) is 23.8. The zero-order valence-electron chi connectivity index (χ0n) is 20.0. The van der Waals surface area contributed by atoms with Crippen molar-refractivity contribution in [3.8, 4) is 0 Å². The zero-order valence-corrected chi connectivity index (χ0v) is 20.8. The lowest BCUT2D eigenvalue weighted by molar-refractivity contribution is -0.385. The van der Waals surface area contributed by atoms with E-state index >= 15 is 0 Å². The van der Waals surface area contributed by atoms with Crippen molar-refractivity contribution in [2.24, 2.45) is 11.3 Å². The van der Waals surface area contributed by atoms with Gasteiger partial charge in [0.2, 0.25) is 10.0 Å². The fourth-order valence-electron chi connectivity index (χ4n) is 5.47. The van der Waals surface area contributed by atoms with E-state index in [9.17, 15) is 18.5 Å². The summed E-state index contributed by atoms with van der Waals surface area (Å²) in [6, 6.07) is 2.99. The van der Waals surface area contributed by atoms with Crippen molar-refractivity contribution in [1.29, 1.82) is 0 Å². The number of nitrogens with zero attached hydrogens (tertiary/aromatic N) is 4. The van der Waals surface area contributed by atoms with Crippen LogP contribution in [-0.2, 0) is 14.8 Å². The van der Waals surface area contributed by atoms with E-state index in [0.717, 1.165) is 25.8 Å². The van der Waals surface area contributed by atoms with Crippen molar-refractivity contribution >= 4 is 21.4 Å². The summed E-state index contributed by atoms with van der Waals surface area (Å²) in [5, 5.41) is 11.7. The maximum Gasteiger partial charge on any atom is 0.274 e. The highest BCUT2D eigenvalue weighted by atomic mass is 32.2. The highest BCUT2D eigenvalue weighted by Gasteiger charge is 2.42. The van der Waals surface area contributed by atoms with Crippen LogP contribution in [0.4, 0.5) is 11.4 Å². The van der Waals surface area contributed by atoms with Crippen LogP contribution in [0.1, 0.15) is 38.7 Å². The minimum Gasteiger partial charge on any atom is -0.381 e. The number of anilines is 1. The van der Waals surface area contributed by atoms with Gasteiger partial charge < -0.3 is 14.5 Å². The molecule has 3 aliphatic rings. The van der Waals surface area contributed by atoms with Crippen molar-refractivity contribution < 1.29 is 18.1 Å². The van der Waals surface area contributed by atoms with Gasteiger partial charge in [-0.1, -0.05) is 13.8 Å². The fourth-order valence-corrected chi connectivity index (χ4v) is 7.17. The van der Waals surface area contributed by atoms with Crippen molar-refractivity contribution in [1.82, 2.24) is 9.21 Å². The van der Waals surface area contributed by atoms with Gasteiger partial charge in [-0.25, -0.2) is 8.42 Å². The van der Waals surface area contributed by atoms with Crippen LogP contribution in [0.3, 0.4) is 0 Å². The van der Waals surface area contributed by atoms with E-state index in [4.69, 9.17) is 4.74 Å². The first-order valence-corrected chi connectivity index (χ1v) is 13.4. The van der Waals surface area contributed by atoms with E-state index in [0.29, 0.717) is 69.7 Å². The molecule has 9 nitrogen and oxygen atoms in total. The topological polar surface area (TPSA) is 96.2 Å². The number of ether oxygens (including phenoxy) is 1. The molecule has 4 rings (SSSR count). The standard InChI is InChI=1S/C23H36N4O5S/c1-18(2)16-24-8-10-26(11-9-24)33(30,31)22-14-19(3)20(27(28)29)15-21(22)25-7-4-23(17-25)5-12-32-13-6-23/h14-15,18H,4-13,16-17H2,1-3H3. The molecule has 184 valence electrons. The van der Waals surface area contributed by atoms with Crippen LogP contribution in [0.25, 0.3) is 0 Å². The summed E-state index contributed by atoms with van der Waals surface area (Å²) in [4.78, 5) is 15.8. The second-order valence-electron chi connectivity index (χ2n) is 10.2. The van der Waals surface area contributed by atoms with Crippen LogP contribution in [0, 0.1) is 28.4 Å². The number of rotatable bonds is 6. The monoisotopic (exact) mass is 480 g/mol. The molecular formula is C23H36N4O5S. The quantitative estimate of drug-likeness (QED) is 0.456. The van der Waals surface area contributed by atoms with Gasteiger partial charge in [0, 0.05) is 70.7 Å². The molecule has 0 bridgehead atoms. The SMILES string of the molecule is Cc1cc(S(=O)(=O)N2CCN(CC(C)C)CC2)c(N2CCC3(CCOCC3)C2)cc1[N+](=O)[O-]. The molecule has 0 aliphatic carbocycles. The first-order chi connectivity index (χ1) is 15.6. The number of nitro groups is 1. The third kappa shape index (κ3) is 5.03. The molecule has 3 heterocycles. The number of nitro benzene ring substituents is 1. The van der Waals surface area contributed by atoms with Crippen LogP contribution in [0.15, 0.2) is 17.0 Å². The Balaban J connectivity index is 1.65. The van der Waals surface area contributed by atoms with Crippen LogP contribution in [0.2, 0.25) is 0 Å². The van der Waals surface area contributed by atoms with Crippen molar-refractivity contribution in [2.45, 2.75) is 44.9 Å². The Morgan fingerprint density at radius 3 is 2.36 bits per heavy atom. The maximum atomic E-state index is 13.8. The molecule has 3 fully saturated rings. The Morgan fingerprint density at radius 1 is 1.09 bits per heavy atom. The normalized spacial score (nSPS) is 22.4. The summed E-state index contributed by atoms with van der Waals surface area (Å²) in [6.07, 6.45) is 2.83. The summed E-state index contributed by atoms with van der Waals surface area (Å²) in [7, 11) is -3.77. The van der Waals surface area contributed by atoms with E-state index in [-0.39, 0.29) is 16.0 Å². The van der Waals surface area contributed by atoms with Crippen molar-refractivity contribution in [3.05, 3.63) is 27.8 Å². The molecule has 3 saturated heterocycles. The van der Waals surface area contributed by atoms with Gasteiger partial charge in [-0.05, 0) is 43.6 Å².